The SMILES string of the molecule is COC1CC(NCC(O)COC(C)C)C1. The topological polar surface area (TPSA) is 50.7 Å². The molecule has 4 nitrogen and oxygen atoms in total. The molecule has 0 spiro atoms. The van der Waals surface area contributed by atoms with Gasteiger partial charge in [-0.2, -0.15) is 0 Å². The lowest BCUT2D eigenvalue weighted by Crippen LogP contribution is -2.48. The summed E-state index contributed by atoms with van der Waals surface area (Å²) in [6, 6.07) is 0.503. The summed E-state index contributed by atoms with van der Waals surface area (Å²) in [7, 11) is 1.74. The van der Waals surface area contributed by atoms with E-state index in [1.807, 2.05) is 13.8 Å². The first-order chi connectivity index (χ1) is 7.11. The van der Waals surface area contributed by atoms with Crippen LogP contribution in [0.1, 0.15) is 26.7 Å². The van der Waals surface area contributed by atoms with Crippen LogP contribution in [-0.4, -0.2) is 49.7 Å². The lowest BCUT2D eigenvalue weighted by atomic mass is 9.89. The minimum absolute atomic E-state index is 0.182. The van der Waals surface area contributed by atoms with Crippen LogP contribution in [-0.2, 0) is 9.47 Å². The van der Waals surface area contributed by atoms with Crippen LogP contribution in [0.15, 0.2) is 0 Å². The van der Waals surface area contributed by atoms with Gasteiger partial charge in [-0.3, -0.25) is 0 Å². The average Bonchev–Trinajstić information content (AvgIpc) is 2.12. The van der Waals surface area contributed by atoms with Gasteiger partial charge in [-0.15, -0.1) is 0 Å². The largest absolute Gasteiger partial charge is 0.389 e. The monoisotopic (exact) mass is 217 g/mol. The van der Waals surface area contributed by atoms with Gasteiger partial charge in [0.2, 0.25) is 0 Å². The molecule has 0 saturated heterocycles. The Kier molecular flexibility index (Phi) is 5.53. The molecule has 0 aliphatic heterocycles. The third-order valence-corrected chi connectivity index (χ3v) is 2.69. The number of aliphatic hydroxyl groups excluding tert-OH is 1. The van der Waals surface area contributed by atoms with Crippen LogP contribution in [0.5, 0.6) is 0 Å². The molecule has 90 valence electrons. The van der Waals surface area contributed by atoms with E-state index in [1.54, 1.807) is 7.11 Å². The summed E-state index contributed by atoms with van der Waals surface area (Å²) in [6.07, 6.45) is 2.28. The fraction of sp³-hybridized carbons (Fsp3) is 1.00. The molecule has 0 heterocycles. The summed E-state index contributed by atoms with van der Waals surface area (Å²) in [4.78, 5) is 0. The molecular weight excluding hydrogens is 194 g/mol. The van der Waals surface area contributed by atoms with E-state index >= 15 is 0 Å². The number of ether oxygens (including phenoxy) is 2. The Labute approximate surface area is 92.0 Å². The zero-order valence-corrected chi connectivity index (χ0v) is 9.90. The highest BCUT2D eigenvalue weighted by Gasteiger charge is 2.28. The highest BCUT2D eigenvalue weighted by Crippen LogP contribution is 2.22. The first-order valence-electron chi connectivity index (χ1n) is 5.67. The summed E-state index contributed by atoms with van der Waals surface area (Å²) in [5.74, 6) is 0. The molecule has 1 aliphatic carbocycles. The predicted molar refractivity (Wildman–Crippen MR) is 58.9 cm³/mol. The van der Waals surface area contributed by atoms with Crippen LogP contribution < -0.4 is 5.32 Å². The number of aliphatic hydroxyl groups is 1. The van der Waals surface area contributed by atoms with Crippen molar-refractivity contribution in [1.29, 1.82) is 0 Å². The van der Waals surface area contributed by atoms with Gasteiger partial charge in [0, 0.05) is 19.7 Å². The van der Waals surface area contributed by atoms with Crippen molar-refractivity contribution in [3.8, 4) is 0 Å². The van der Waals surface area contributed by atoms with Gasteiger partial charge in [0.05, 0.1) is 24.9 Å². The Balaban J connectivity index is 1.96. The summed E-state index contributed by atoms with van der Waals surface area (Å²) >= 11 is 0. The van der Waals surface area contributed by atoms with Crippen molar-refractivity contribution in [2.24, 2.45) is 0 Å². The summed E-state index contributed by atoms with van der Waals surface area (Å²) < 4.78 is 10.5. The van der Waals surface area contributed by atoms with E-state index in [-0.39, 0.29) is 6.10 Å². The summed E-state index contributed by atoms with van der Waals surface area (Å²) in [5.41, 5.74) is 0. The zero-order chi connectivity index (χ0) is 11.3. The van der Waals surface area contributed by atoms with Crippen LogP contribution in [0, 0.1) is 0 Å². The molecule has 1 aliphatic rings. The van der Waals surface area contributed by atoms with Gasteiger partial charge in [-0.25, -0.2) is 0 Å². The Bertz CT molecular complexity index is 169. The molecule has 1 saturated carbocycles. The van der Waals surface area contributed by atoms with Crippen molar-refractivity contribution >= 4 is 0 Å². The molecule has 0 aromatic heterocycles. The fourth-order valence-corrected chi connectivity index (χ4v) is 1.59. The minimum atomic E-state index is -0.408. The number of hydrogen-bond donors (Lipinski definition) is 2. The van der Waals surface area contributed by atoms with Crippen LogP contribution >= 0.6 is 0 Å². The fourth-order valence-electron chi connectivity index (χ4n) is 1.59. The van der Waals surface area contributed by atoms with Crippen molar-refractivity contribution in [2.45, 2.75) is 51.0 Å². The van der Waals surface area contributed by atoms with Crippen molar-refractivity contribution < 1.29 is 14.6 Å². The van der Waals surface area contributed by atoms with Gasteiger partial charge in [0.15, 0.2) is 0 Å². The summed E-state index contributed by atoms with van der Waals surface area (Å²) in [6.45, 7) is 4.95. The van der Waals surface area contributed by atoms with Gasteiger partial charge >= 0.3 is 0 Å². The zero-order valence-electron chi connectivity index (χ0n) is 9.90. The number of hydrogen-bond acceptors (Lipinski definition) is 4. The molecule has 15 heavy (non-hydrogen) atoms. The lowest BCUT2D eigenvalue weighted by Gasteiger charge is -2.35. The molecule has 1 atom stereocenters. The Morgan fingerprint density at radius 2 is 2.07 bits per heavy atom. The standard InChI is InChI=1S/C11H23NO3/c1-8(2)15-7-10(13)6-12-9-4-11(5-9)14-3/h8-13H,4-7H2,1-3H3. The lowest BCUT2D eigenvalue weighted by molar-refractivity contribution is -0.00749. The maximum atomic E-state index is 9.57. The second-order valence-corrected chi connectivity index (χ2v) is 4.47. The number of methoxy groups -OCH3 is 1. The maximum Gasteiger partial charge on any atom is 0.0897 e. The molecule has 0 bridgehead atoms. The number of nitrogens with one attached hydrogen (secondary N) is 1. The first-order valence-corrected chi connectivity index (χ1v) is 5.67. The van der Waals surface area contributed by atoms with E-state index in [4.69, 9.17) is 9.47 Å². The number of rotatable bonds is 7. The smallest absolute Gasteiger partial charge is 0.0897 e. The molecule has 0 radical (unpaired) electrons. The van der Waals surface area contributed by atoms with Gasteiger partial charge < -0.3 is 19.9 Å². The molecule has 1 rings (SSSR count). The molecule has 1 fully saturated rings. The molecular formula is C11H23NO3. The van der Waals surface area contributed by atoms with Gasteiger partial charge in [0.1, 0.15) is 0 Å². The predicted octanol–water partition coefficient (Wildman–Crippen LogP) is 0.539. The summed E-state index contributed by atoms with van der Waals surface area (Å²) in [5, 5.41) is 12.9. The highest BCUT2D eigenvalue weighted by atomic mass is 16.5. The van der Waals surface area contributed by atoms with Crippen LogP contribution in [0.2, 0.25) is 0 Å². The first kappa shape index (κ1) is 12.9. The van der Waals surface area contributed by atoms with Crippen LogP contribution in [0.25, 0.3) is 0 Å². The van der Waals surface area contributed by atoms with Gasteiger partial charge in [0.25, 0.3) is 0 Å². The van der Waals surface area contributed by atoms with E-state index in [1.165, 1.54) is 0 Å². The molecule has 0 amide bonds. The van der Waals surface area contributed by atoms with Crippen molar-refractivity contribution in [3.63, 3.8) is 0 Å². The van der Waals surface area contributed by atoms with Gasteiger partial charge in [-0.1, -0.05) is 0 Å². The van der Waals surface area contributed by atoms with Crippen LogP contribution in [0.4, 0.5) is 0 Å². The third kappa shape index (κ3) is 4.93. The quantitative estimate of drug-likeness (QED) is 0.653. The maximum absolute atomic E-state index is 9.57. The van der Waals surface area contributed by atoms with Gasteiger partial charge in [-0.05, 0) is 26.7 Å². The highest BCUT2D eigenvalue weighted by molar-refractivity contribution is 4.86. The second-order valence-electron chi connectivity index (χ2n) is 4.47. The van der Waals surface area contributed by atoms with Crippen LogP contribution in [0.3, 0.4) is 0 Å². The molecule has 0 aromatic carbocycles. The molecule has 0 aromatic rings. The molecule has 2 N–H and O–H groups in total. The Hall–Kier alpha value is -0.160. The molecule has 4 heteroatoms. The average molecular weight is 217 g/mol. The Morgan fingerprint density at radius 1 is 1.40 bits per heavy atom. The van der Waals surface area contributed by atoms with E-state index in [2.05, 4.69) is 5.32 Å². The second kappa shape index (κ2) is 6.43. The van der Waals surface area contributed by atoms with E-state index in [0.717, 1.165) is 12.8 Å². The van der Waals surface area contributed by atoms with Crippen molar-refractivity contribution in [3.05, 3.63) is 0 Å². The van der Waals surface area contributed by atoms with Crippen molar-refractivity contribution in [2.75, 3.05) is 20.3 Å². The Morgan fingerprint density at radius 3 is 2.60 bits per heavy atom. The minimum Gasteiger partial charge on any atom is -0.389 e. The van der Waals surface area contributed by atoms with E-state index < -0.39 is 6.10 Å². The third-order valence-electron chi connectivity index (χ3n) is 2.69. The van der Waals surface area contributed by atoms with E-state index in [9.17, 15) is 5.11 Å². The van der Waals surface area contributed by atoms with Crippen molar-refractivity contribution in [1.82, 2.24) is 5.32 Å². The normalized spacial score (nSPS) is 27.8. The van der Waals surface area contributed by atoms with E-state index in [0.29, 0.717) is 25.3 Å². The molecule has 1 unspecified atom stereocenters.